The Morgan fingerprint density at radius 2 is 1.67 bits per heavy atom. The maximum atomic E-state index is 12.7. The molecule has 0 atom stereocenters. The van der Waals surface area contributed by atoms with Crippen LogP contribution < -0.4 is 19.1 Å². The Morgan fingerprint density at radius 1 is 0.926 bits per heavy atom. The molecule has 1 saturated heterocycles. The van der Waals surface area contributed by atoms with E-state index in [2.05, 4.69) is 4.72 Å². The highest BCUT2D eigenvalue weighted by molar-refractivity contribution is 7.92. The second-order valence-corrected chi connectivity index (χ2v) is 8.14. The first-order chi connectivity index (χ1) is 13.0. The Bertz CT molecular complexity index is 957. The second-order valence-electron chi connectivity index (χ2n) is 6.46. The lowest BCUT2D eigenvalue weighted by molar-refractivity contribution is -0.119. The van der Waals surface area contributed by atoms with Crippen molar-refractivity contribution in [2.45, 2.75) is 24.2 Å². The number of hydrogen-bond acceptors (Lipinski definition) is 5. The lowest BCUT2D eigenvalue weighted by atomic mass is 10.1. The van der Waals surface area contributed by atoms with Gasteiger partial charge >= 0.3 is 0 Å². The van der Waals surface area contributed by atoms with Gasteiger partial charge in [-0.3, -0.25) is 9.52 Å². The van der Waals surface area contributed by atoms with Gasteiger partial charge < -0.3 is 14.4 Å². The zero-order valence-corrected chi connectivity index (χ0v) is 15.5. The summed E-state index contributed by atoms with van der Waals surface area (Å²) in [4.78, 5) is 13.8. The van der Waals surface area contributed by atoms with Gasteiger partial charge in [0.05, 0.1) is 4.90 Å². The number of amides is 1. The van der Waals surface area contributed by atoms with Crippen LogP contribution in [0.25, 0.3) is 0 Å². The van der Waals surface area contributed by atoms with Gasteiger partial charge in [-0.1, -0.05) is 0 Å². The average Bonchev–Trinajstić information content (AvgIpc) is 2.68. The fourth-order valence-corrected chi connectivity index (χ4v) is 4.27. The first kappa shape index (κ1) is 17.7. The van der Waals surface area contributed by atoms with Gasteiger partial charge in [-0.15, -0.1) is 0 Å². The van der Waals surface area contributed by atoms with E-state index < -0.39 is 10.0 Å². The molecule has 27 heavy (non-hydrogen) atoms. The third kappa shape index (κ3) is 3.71. The molecule has 1 amide bonds. The molecule has 2 aliphatic heterocycles. The van der Waals surface area contributed by atoms with Crippen LogP contribution in [0.2, 0.25) is 0 Å². The molecule has 2 aliphatic rings. The van der Waals surface area contributed by atoms with Crippen molar-refractivity contribution in [2.75, 3.05) is 29.4 Å². The summed E-state index contributed by atoms with van der Waals surface area (Å²) in [6, 6.07) is 11.4. The SMILES string of the molecule is O=C1CCCCN1c1ccc(NS(=O)(=O)c2ccc3c(c2)OCCO3)cc1. The van der Waals surface area contributed by atoms with E-state index in [0.717, 1.165) is 18.5 Å². The van der Waals surface area contributed by atoms with Crippen molar-refractivity contribution >= 4 is 27.3 Å². The molecule has 2 heterocycles. The van der Waals surface area contributed by atoms with E-state index >= 15 is 0 Å². The molecule has 0 saturated carbocycles. The van der Waals surface area contributed by atoms with Crippen LogP contribution in [0.3, 0.4) is 0 Å². The molecular formula is C19H20N2O5S. The molecule has 2 aromatic rings. The van der Waals surface area contributed by atoms with Crippen molar-refractivity contribution in [3.8, 4) is 11.5 Å². The third-order valence-electron chi connectivity index (χ3n) is 4.58. The van der Waals surface area contributed by atoms with Gasteiger partial charge in [0.15, 0.2) is 11.5 Å². The zero-order valence-electron chi connectivity index (χ0n) is 14.7. The second kappa shape index (κ2) is 7.11. The molecule has 0 spiro atoms. The maximum Gasteiger partial charge on any atom is 0.262 e. The van der Waals surface area contributed by atoms with Crippen molar-refractivity contribution in [3.05, 3.63) is 42.5 Å². The zero-order chi connectivity index (χ0) is 18.9. The Labute approximate surface area is 157 Å². The van der Waals surface area contributed by atoms with Gasteiger partial charge in [0.25, 0.3) is 10.0 Å². The number of carbonyl (C=O) groups is 1. The van der Waals surface area contributed by atoms with E-state index in [-0.39, 0.29) is 10.8 Å². The van der Waals surface area contributed by atoms with E-state index in [0.29, 0.717) is 43.4 Å². The largest absolute Gasteiger partial charge is 0.486 e. The number of sulfonamides is 1. The minimum absolute atomic E-state index is 0.0991. The van der Waals surface area contributed by atoms with Crippen LogP contribution in [0.15, 0.2) is 47.4 Å². The summed E-state index contributed by atoms with van der Waals surface area (Å²) in [5, 5.41) is 0. The van der Waals surface area contributed by atoms with Gasteiger partial charge in [0.1, 0.15) is 13.2 Å². The van der Waals surface area contributed by atoms with Crippen molar-refractivity contribution in [2.24, 2.45) is 0 Å². The summed E-state index contributed by atoms with van der Waals surface area (Å²) in [5.74, 6) is 1.06. The van der Waals surface area contributed by atoms with Gasteiger partial charge in [0.2, 0.25) is 5.91 Å². The summed E-state index contributed by atoms with van der Waals surface area (Å²) < 4.78 is 38.7. The van der Waals surface area contributed by atoms with Crippen LogP contribution in [0.1, 0.15) is 19.3 Å². The first-order valence-electron chi connectivity index (χ1n) is 8.86. The molecule has 0 aliphatic carbocycles. The minimum atomic E-state index is -3.76. The number of rotatable bonds is 4. The number of nitrogens with one attached hydrogen (secondary N) is 1. The van der Waals surface area contributed by atoms with Gasteiger partial charge in [-0.25, -0.2) is 8.42 Å². The van der Waals surface area contributed by atoms with Gasteiger partial charge in [-0.05, 0) is 49.2 Å². The molecule has 7 nitrogen and oxygen atoms in total. The number of piperidine rings is 1. The molecule has 0 bridgehead atoms. The molecular weight excluding hydrogens is 368 g/mol. The lowest BCUT2D eigenvalue weighted by Gasteiger charge is -2.26. The molecule has 1 N–H and O–H groups in total. The van der Waals surface area contributed by atoms with E-state index in [1.165, 1.54) is 12.1 Å². The van der Waals surface area contributed by atoms with E-state index in [9.17, 15) is 13.2 Å². The Balaban J connectivity index is 1.52. The number of ether oxygens (including phenoxy) is 2. The average molecular weight is 388 g/mol. The predicted molar refractivity (Wildman–Crippen MR) is 101 cm³/mol. The number of anilines is 2. The summed E-state index contributed by atoms with van der Waals surface area (Å²) in [6.07, 6.45) is 2.45. The normalized spacial score (nSPS) is 16.9. The van der Waals surface area contributed by atoms with Crippen molar-refractivity contribution in [1.82, 2.24) is 0 Å². The molecule has 1 fully saturated rings. The number of carbonyl (C=O) groups excluding carboxylic acids is 1. The molecule has 2 aromatic carbocycles. The monoisotopic (exact) mass is 388 g/mol. The minimum Gasteiger partial charge on any atom is -0.486 e. The maximum absolute atomic E-state index is 12.7. The molecule has 4 rings (SSSR count). The van der Waals surface area contributed by atoms with Crippen LogP contribution in [0.5, 0.6) is 11.5 Å². The van der Waals surface area contributed by atoms with E-state index in [1.54, 1.807) is 35.2 Å². The summed E-state index contributed by atoms with van der Waals surface area (Å²) >= 11 is 0. The van der Waals surface area contributed by atoms with Crippen molar-refractivity contribution in [3.63, 3.8) is 0 Å². The number of benzene rings is 2. The van der Waals surface area contributed by atoms with Crippen LogP contribution in [-0.2, 0) is 14.8 Å². The van der Waals surface area contributed by atoms with Crippen molar-refractivity contribution < 1.29 is 22.7 Å². The molecule has 0 radical (unpaired) electrons. The number of hydrogen-bond donors (Lipinski definition) is 1. The van der Waals surface area contributed by atoms with Crippen LogP contribution >= 0.6 is 0 Å². The number of nitrogens with zero attached hydrogens (tertiary/aromatic N) is 1. The fraction of sp³-hybridized carbons (Fsp3) is 0.316. The lowest BCUT2D eigenvalue weighted by Crippen LogP contribution is -2.35. The molecule has 0 aromatic heterocycles. The topological polar surface area (TPSA) is 84.9 Å². The van der Waals surface area contributed by atoms with Crippen LogP contribution in [0.4, 0.5) is 11.4 Å². The van der Waals surface area contributed by atoms with Gasteiger partial charge in [-0.2, -0.15) is 0 Å². The third-order valence-corrected chi connectivity index (χ3v) is 5.96. The fourth-order valence-electron chi connectivity index (χ4n) is 3.19. The summed E-state index contributed by atoms with van der Waals surface area (Å²) in [6.45, 7) is 1.53. The quantitative estimate of drug-likeness (QED) is 0.871. The first-order valence-corrected chi connectivity index (χ1v) is 10.3. The summed E-state index contributed by atoms with van der Waals surface area (Å²) in [5.41, 5.74) is 1.21. The number of fused-ring (bicyclic) bond motifs is 1. The van der Waals surface area contributed by atoms with E-state index in [1.807, 2.05) is 0 Å². The van der Waals surface area contributed by atoms with Crippen molar-refractivity contribution in [1.29, 1.82) is 0 Å². The highest BCUT2D eigenvalue weighted by atomic mass is 32.2. The molecule has 8 heteroatoms. The Hall–Kier alpha value is -2.74. The highest BCUT2D eigenvalue weighted by Gasteiger charge is 2.21. The van der Waals surface area contributed by atoms with Crippen LogP contribution in [0, 0.1) is 0 Å². The molecule has 0 unspecified atom stereocenters. The Kier molecular flexibility index (Phi) is 4.65. The van der Waals surface area contributed by atoms with E-state index in [4.69, 9.17) is 9.47 Å². The predicted octanol–water partition coefficient (Wildman–Crippen LogP) is 2.78. The smallest absolute Gasteiger partial charge is 0.262 e. The van der Waals surface area contributed by atoms with Gasteiger partial charge in [0, 0.05) is 30.4 Å². The highest BCUT2D eigenvalue weighted by Crippen LogP contribution is 2.33. The van der Waals surface area contributed by atoms with Crippen LogP contribution in [-0.4, -0.2) is 34.1 Å². The standard InChI is InChI=1S/C19H20N2O5S/c22-19-3-1-2-10-21(19)15-6-4-14(5-7-15)20-27(23,24)16-8-9-17-18(13-16)26-12-11-25-17/h4-9,13,20H,1-3,10-12H2. The molecule has 142 valence electrons. The Morgan fingerprint density at radius 3 is 2.41 bits per heavy atom. The summed E-state index contributed by atoms with van der Waals surface area (Å²) in [7, 11) is -3.76.